The minimum Gasteiger partial charge on any atom is -0.341 e. The average molecular weight is 549 g/mol. The number of benzene rings is 2. The molecule has 2 aliphatic rings. The SMILES string of the molecule is Cc1ccccc1-n1nc(C(C)(C)C)c2c1N(CC(=O)N1CCC(C)CC1)C(=O)CSC2c1ccccc1F. The first-order valence-electron chi connectivity index (χ1n) is 13.7. The van der Waals surface area contributed by atoms with Crippen molar-refractivity contribution in [3.05, 3.63) is 76.7 Å². The number of thioether (sulfide) groups is 1. The zero-order valence-electron chi connectivity index (χ0n) is 23.4. The molecule has 0 spiro atoms. The molecule has 1 fully saturated rings. The second kappa shape index (κ2) is 10.8. The second-order valence-electron chi connectivity index (χ2n) is 11.8. The molecular formula is C31H37FN4O2S. The summed E-state index contributed by atoms with van der Waals surface area (Å²) >= 11 is 1.40. The Morgan fingerprint density at radius 2 is 1.74 bits per heavy atom. The number of nitrogens with zero attached hydrogens (tertiary/aromatic N) is 4. The maximum atomic E-state index is 15.3. The number of piperidine rings is 1. The van der Waals surface area contributed by atoms with E-state index < -0.39 is 10.7 Å². The van der Waals surface area contributed by atoms with E-state index in [-0.39, 0.29) is 29.9 Å². The van der Waals surface area contributed by atoms with Gasteiger partial charge in [-0.2, -0.15) is 5.10 Å². The molecule has 0 bridgehead atoms. The van der Waals surface area contributed by atoms with Gasteiger partial charge in [-0.3, -0.25) is 14.5 Å². The van der Waals surface area contributed by atoms with Crippen molar-refractivity contribution in [1.29, 1.82) is 0 Å². The number of aromatic nitrogens is 2. The second-order valence-corrected chi connectivity index (χ2v) is 12.9. The van der Waals surface area contributed by atoms with Crippen molar-refractivity contribution >= 4 is 29.4 Å². The van der Waals surface area contributed by atoms with Crippen molar-refractivity contribution in [3.63, 3.8) is 0 Å². The van der Waals surface area contributed by atoms with Crippen molar-refractivity contribution in [2.45, 2.75) is 58.1 Å². The zero-order chi connectivity index (χ0) is 27.9. The van der Waals surface area contributed by atoms with Gasteiger partial charge in [0.25, 0.3) is 0 Å². The quantitative estimate of drug-likeness (QED) is 0.399. The summed E-state index contributed by atoms with van der Waals surface area (Å²) in [6.45, 7) is 11.8. The van der Waals surface area contributed by atoms with Gasteiger partial charge in [0.05, 0.1) is 22.4 Å². The number of hydrogen-bond donors (Lipinski definition) is 0. The van der Waals surface area contributed by atoms with Crippen LogP contribution in [0.4, 0.5) is 10.2 Å². The minimum absolute atomic E-state index is 0.0636. The smallest absolute Gasteiger partial charge is 0.242 e. The Kier molecular flexibility index (Phi) is 7.60. The van der Waals surface area contributed by atoms with Crippen LogP contribution in [0.1, 0.15) is 68.2 Å². The monoisotopic (exact) mass is 548 g/mol. The normalized spacial score (nSPS) is 18.7. The van der Waals surface area contributed by atoms with Gasteiger partial charge in [-0.1, -0.05) is 64.1 Å². The Morgan fingerprint density at radius 3 is 2.41 bits per heavy atom. The van der Waals surface area contributed by atoms with E-state index in [0.717, 1.165) is 35.3 Å². The Morgan fingerprint density at radius 1 is 1.08 bits per heavy atom. The molecule has 206 valence electrons. The number of carbonyl (C=O) groups excluding carboxylic acids is 2. The first-order chi connectivity index (χ1) is 18.6. The summed E-state index contributed by atoms with van der Waals surface area (Å²) in [4.78, 5) is 30.9. The van der Waals surface area contributed by atoms with E-state index >= 15 is 4.39 Å². The number of anilines is 1. The van der Waals surface area contributed by atoms with Gasteiger partial charge in [-0.15, -0.1) is 11.8 Å². The minimum atomic E-state index is -0.451. The standard InChI is InChI=1S/C31H37FN4O2S/c1-20-14-16-34(17-15-20)25(37)18-35-26(38)19-39-28(22-11-7-8-12-23(22)32)27-29(31(3,4)5)33-36(30(27)35)24-13-9-6-10-21(24)2/h6-13,20,28H,14-19H2,1-5H3. The first-order valence-corrected chi connectivity index (χ1v) is 14.7. The van der Waals surface area contributed by atoms with E-state index in [2.05, 4.69) is 27.7 Å². The molecule has 1 atom stereocenters. The van der Waals surface area contributed by atoms with Crippen molar-refractivity contribution in [1.82, 2.24) is 14.7 Å². The average Bonchev–Trinajstić information content (AvgIpc) is 3.23. The van der Waals surface area contributed by atoms with Crippen LogP contribution in [-0.2, 0) is 15.0 Å². The Balaban J connectivity index is 1.73. The molecule has 2 aromatic carbocycles. The number of halogens is 1. The molecule has 1 saturated heterocycles. The maximum Gasteiger partial charge on any atom is 0.242 e. The summed E-state index contributed by atoms with van der Waals surface area (Å²) in [5, 5.41) is 4.67. The highest BCUT2D eigenvalue weighted by Crippen LogP contribution is 2.49. The summed E-state index contributed by atoms with van der Waals surface area (Å²) in [5.41, 5.74) is 3.54. The number of amides is 2. The van der Waals surface area contributed by atoms with E-state index in [0.29, 0.717) is 30.4 Å². The molecule has 39 heavy (non-hydrogen) atoms. The number of fused-ring (bicyclic) bond motifs is 1. The number of carbonyl (C=O) groups is 2. The lowest BCUT2D eigenvalue weighted by atomic mass is 9.87. The van der Waals surface area contributed by atoms with E-state index in [9.17, 15) is 9.59 Å². The molecule has 0 aliphatic carbocycles. The van der Waals surface area contributed by atoms with Gasteiger partial charge in [0.15, 0.2) is 0 Å². The fraction of sp³-hybridized carbons (Fsp3) is 0.452. The lowest BCUT2D eigenvalue weighted by Crippen LogP contribution is -2.46. The molecular weight excluding hydrogens is 511 g/mol. The fourth-order valence-corrected chi connectivity index (χ4v) is 6.69. The zero-order valence-corrected chi connectivity index (χ0v) is 24.2. The number of hydrogen-bond acceptors (Lipinski definition) is 4. The summed E-state index contributed by atoms with van der Waals surface area (Å²) in [7, 11) is 0. The van der Waals surface area contributed by atoms with Crippen molar-refractivity contribution in [3.8, 4) is 5.69 Å². The molecule has 0 radical (unpaired) electrons. The molecule has 8 heteroatoms. The molecule has 3 heterocycles. The van der Waals surface area contributed by atoms with Gasteiger partial charge in [-0.05, 0) is 43.4 Å². The highest BCUT2D eigenvalue weighted by Gasteiger charge is 2.41. The van der Waals surface area contributed by atoms with Gasteiger partial charge in [0, 0.05) is 29.6 Å². The predicted molar refractivity (Wildman–Crippen MR) is 155 cm³/mol. The van der Waals surface area contributed by atoms with Gasteiger partial charge >= 0.3 is 0 Å². The van der Waals surface area contributed by atoms with E-state index in [1.54, 1.807) is 17.0 Å². The van der Waals surface area contributed by atoms with Crippen LogP contribution in [0, 0.1) is 18.7 Å². The number of rotatable bonds is 4. The molecule has 1 aromatic heterocycles. The van der Waals surface area contributed by atoms with Gasteiger partial charge in [0.2, 0.25) is 11.8 Å². The van der Waals surface area contributed by atoms with E-state index in [1.165, 1.54) is 17.8 Å². The lowest BCUT2D eigenvalue weighted by molar-refractivity contribution is -0.132. The first kappa shape index (κ1) is 27.4. The third-order valence-corrected chi connectivity index (χ3v) is 9.00. The van der Waals surface area contributed by atoms with Crippen LogP contribution in [0.25, 0.3) is 5.69 Å². The van der Waals surface area contributed by atoms with Crippen LogP contribution in [-0.4, -0.2) is 51.9 Å². The third kappa shape index (κ3) is 5.36. The van der Waals surface area contributed by atoms with Crippen LogP contribution < -0.4 is 4.90 Å². The van der Waals surface area contributed by atoms with E-state index in [1.807, 2.05) is 46.8 Å². The van der Waals surface area contributed by atoms with Gasteiger partial charge in [-0.25, -0.2) is 9.07 Å². The van der Waals surface area contributed by atoms with Crippen molar-refractivity contribution in [2.24, 2.45) is 5.92 Å². The van der Waals surface area contributed by atoms with Gasteiger partial charge in [0.1, 0.15) is 18.2 Å². The molecule has 0 saturated carbocycles. The highest BCUT2D eigenvalue weighted by molar-refractivity contribution is 8.00. The molecule has 2 amide bonds. The molecule has 2 aliphatic heterocycles. The molecule has 3 aromatic rings. The largest absolute Gasteiger partial charge is 0.341 e. The summed E-state index contributed by atoms with van der Waals surface area (Å²) in [5.74, 6) is 0.740. The predicted octanol–water partition coefficient (Wildman–Crippen LogP) is 6.05. The van der Waals surface area contributed by atoms with Gasteiger partial charge < -0.3 is 4.90 Å². The number of para-hydroxylation sites is 1. The van der Waals surface area contributed by atoms with E-state index in [4.69, 9.17) is 5.10 Å². The van der Waals surface area contributed by atoms with Crippen LogP contribution in [0.5, 0.6) is 0 Å². The van der Waals surface area contributed by atoms with Crippen LogP contribution in [0.3, 0.4) is 0 Å². The summed E-state index contributed by atoms with van der Waals surface area (Å²) in [6, 6.07) is 14.6. The summed E-state index contributed by atoms with van der Waals surface area (Å²) < 4.78 is 17.1. The molecule has 5 rings (SSSR count). The Hall–Kier alpha value is -3.13. The van der Waals surface area contributed by atoms with Crippen LogP contribution in [0.15, 0.2) is 48.5 Å². The number of likely N-dealkylation sites (tertiary alicyclic amines) is 1. The Bertz CT molecular complexity index is 1390. The fourth-order valence-electron chi connectivity index (χ4n) is 5.47. The van der Waals surface area contributed by atoms with Crippen molar-refractivity contribution < 1.29 is 14.0 Å². The van der Waals surface area contributed by atoms with Crippen molar-refractivity contribution in [2.75, 3.05) is 30.3 Å². The maximum absolute atomic E-state index is 15.3. The molecule has 0 N–H and O–H groups in total. The molecule has 6 nitrogen and oxygen atoms in total. The summed E-state index contributed by atoms with van der Waals surface area (Å²) in [6.07, 6.45) is 1.93. The third-order valence-electron chi connectivity index (χ3n) is 7.76. The lowest BCUT2D eigenvalue weighted by Gasteiger charge is -2.32. The Labute approximate surface area is 234 Å². The topological polar surface area (TPSA) is 58.4 Å². The molecule has 1 unspecified atom stereocenters. The number of aryl methyl sites for hydroxylation is 1. The highest BCUT2D eigenvalue weighted by atomic mass is 32.2. The van der Waals surface area contributed by atoms with Crippen LogP contribution >= 0.6 is 11.8 Å². The van der Waals surface area contributed by atoms with Crippen LogP contribution in [0.2, 0.25) is 0 Å².